The number of halogens is 2. The van der Waals surface area contributed by atoms with Crippen LogP contribution in [0.25, 0.3) is 0 Å². The van der Waals surface area contributed by atoms with Crippen LogP contribution in [0.2, 0.25) is 0 Å². The fourth-order valence-electron chi connectivity index (χ4n) is 1.35. The average molecular weight is 229 g/mol. The number of hydrogen-bond donors (Lipinski definition) is 1. The Morgan fingerprint density at radius 2 is 2.00 bits per heavy atom. The van der Waals surface area contributed by atoms with Crippen LogP contribution >= 0.6 is 0 Å². The Hall–Kier alpha value is -1.16. The number of nitrogens with one attached hydrogen (secondary N) is 1. The summed E-state index contributed by atoms with van der Waals surface area (Å²) < 4.78 is 31.7. The molecule has 0 bridgehead atoms. The monoisotopic (exact) mass is 229 g/mol. The third kappa shape index (κ3) is 3.17. The normalized spacial score (nSPS) is 12.9. The highest BCUT2D eigenvalue weighted by Gasteiger charge is 2.17. The molecule has 0 saturated carbocycles. The Kier molecular flexibility index (Phi) is 4.68. The molecule has 1 unspecified atom stereocenters. The zero-order chi connectivity index (χ0) is 12.1. The van der Waals surface area contributed by atoms with Gasteiger partial charge in [0.15, 0.2) is 11.6 Å². The van der Waals surface area contributed by atoms with Crippen molar-refractivity contribution in [3.63, 3.8) is 0 Å². The highest BCUT2D eigenvalue weighted by Crippen LogP contribution is 2.22. The van der Waals surface area contributed by atoms with E-state index in [9.17, 15) is 8.78 Å². The van der Waals surface area contributed by atoms with Crippen LogP contribution in [0, 0.1) is 17.6 Å². The standard InChI is InChI=1S/C12H17F2NO/c1-8(2)11(7-15-3)16-10-6-4-5-9(13)12(10)14/h4-6,8,11,15H,7H2,1-3H3. The van der Waals surface area contributed by atoms with Crippen LogP contribution in [-0.4, -0.2) is 19.7 Å². The molecule has 90 valence electrons. The molecule has 0 spiro atoms. The van der Waals surface area contributed by atoms with Crippen LogP contribution in [0.5, 0.6) is 5.75 Å². The molecule has 1 rings (SSSR count). The summed E-state index contributed by atoms with van der Waals surface area (Å²) >= 11 is 0. The van der Waals surface area contributed by atoms with Crippen molar-refractivity contribution in [2.45, 2.75) is 20.0 Å². The first kappa shape index (κ1) is 12.9. The molecule has 0 aliphatic heterocycles. The zero-order valence-corrected chi connectivity index (χ0v) is 9.76. The molecular weight excluding hydrogens is 212 g/mol. The van der Waals surface area contributed by atoms with E-state index in [0.29, 0.717) is 6.54 Å². The lowest BCUT2D eigenvalue weighted by Crippen LogP contribution is -2.34. The summed E-state index contributed by atoms with van der Waals surface area (Å²) in [5, 5.41) is 2.96. The summed E-state index contributed by atoms with van der Waals surface area (Å²) in [7, 11) is 1.79. The van der Waals surface area contributed by atoms with Crippen LogP contribution < -0.4 is 10.1 Å². The van der Waals surface area contributed by atoms with Gasteiger partial charge < -0.3 is 10.1 Å². The molecule has 1 N–H and O–H groups in total. The molecule has 0 amide bonds. The Bertz CT molecular complexity index is 342. The van der Waals surface area contributed by atoms with Gasteiger partial charge in [-0.2, -0.15) is 4.39 Å². The minimum atomic E-state index is -0.927. The maximum atomic E-state index is 13.3. The molecule has 2 nitrogen and oxygen atoms in total. The smallest absolute Gasteiger partial charge is 0.200 e. The summed E-state index contributed by atoms with van der Waals surface area (Å²) in [5.41, 5.74) is 0. The summed E-state index contributed by atoms with van der Waals surface area (Å²) in [5.74, 6) is -1.63. The second kappa shape index (κ2) is 5.80. The molecule has 16 heavy (non-hydrogen) atoms. The van der Waals surface area contributed by atoms with Crippen LogP contribution in [0.1, 0.15) is 13.8 Å². The van der Waals surface area contributed by atoms with Crippen LogP contribution in [-0.2, 0) is 0 Å². The fourth-order valence-corrected chi connectivity index (χ4v) is 1.35. The minimum absolute atomic E-state index is 0.0334. The first-order valence-electron chi connectivity index (χ1n) is 5.31. The van der Waals surface area contributed by atoms with Crippen molar-refractivity contribution < 1.29 is 13.5 Å². The highest BCUT2D eigenvalue weighted by atomic mass is 19.2. The van der Waals surface area contributed by atoms with Gasteiger partial charge in [-0.25, -0.2) is 4.39 Å². The maximum Gasteiger partial charge on any atom is 0.200 e. The van der Waals surface area contributed by atoms with Crippen LogP contribution in [0.3, 0.4) is 0 Å². The molecule has 1 aromatic carbocycles. The van der Waals surface area contributed by atoms with Crippen molar-refractivity contribution in [3.05, 3.63) is 29.8 Å². The molecule has 0 heterocycles. The van der Waals surface area contributed by atoms with E-state index in [0.717, 1.165) is 6.07 Å². The van der Waals surface area contributed by atoms with Crippen molar-refractivity contribution in [3.8, 4) is 5.75 Å². The topological polar surface area (TPSA) is 21.3 Å². The van der Waals surface area contributed by atoms with Crippen molar-refractivity contribution in [2.75, 3.05) is 13.6 Å². The lowest BCUT2D eigenvalue weighted by Gasteiger charge is -2.22. The minimum Gasteiger partial charge on any atom is -0.486 e. The summed E-state index contributed by atoms with van der Waals surface area (Å²) in [6.07, 6.45) is -0.179. The second-order valence-corrected chi connectivity index (χ2v) is 4.01. The fraction of sp³-hybridized carbons (Fsp3) is 0.500. The van der Waals surface area contributed by atoms with Gasteiger partial charge in [-0.05, 0) is 25.1 Å². The van der Waals surface area contributed by atoms with Gasteiger partial charge >= 0.3 is 0 Å². The van der Waals surface area contributed by atoms with Gasteiger partial charge in [0.25, 0.3) is 0 Å². The average Bonchev–Trinajstić information content (AvgIpc) is 2.23. The molecule has 0 aliphatic carbocycles. The Balaban J connectivity index is 2.81. The van der Waals surface area contributed by atoms with E-state index >= 15 is 0 Å². The third-order valence-electron chi connectivity index (χ3n) is 2.34. The molecule has 0 saturated heterocycles. The third-order valence-corrected chi connectivity index (χ3v) is 2.34. The first-order valence-corrected chi connectivity index (χ1v) is 5.31. The van der Waals surface area contributed by atoms with E-state index < -0.39 is 11.6 Å². The van der Waals surface area contributed by atoms with Gasteiger partial charge in [-0.1, -0.05) is 19.9 Å². The van der Waals surface area contributed by atoms with Crippen molar-refractivity contribution >= 4 is 0 Å². The molecule has 0 fully saturated rings. The summed E-state index contributed by atoms with van der Waals surface area (Å²) in [6.45, 7) is 4.53. The number of likely N-dealkylation sites (N-methyl/N-ethyl adjacent to an activating group) is 1. The van der Waals surface area contributed by atoms with Gasteiger partial charge in [-0.15, -0.1) is 0 Å². The van der Waals surface area contributed by atoms with E-state index in [1.54, 1.807) is 7.05 Å². The molecular formula is C12H17F2NO. The summed E-state index contributed by atoms with van der Waals surface area (Å²) in [6, 6.07) is 3.94. The van der Waals surface area contributed by atoms with Crippen molar-refractivity contribution in [1.82, 2.24) is 5.32 Å². The molecule has 1 aromatic rings. The Labute approximate surface area is 94.6 Å². The lowest BCUT2D eigenvalue weighted by atomic mass is 10.1. The first-order chi connectivity index (χ1) is 7.56. The van der Waals surface area contributed by atoms with Crippen LogP contribution in [0.4, 0.5) is 8.78 Å². The number of hydrogen-bond acceptors (Lipinski definition) is 2. The Morgan fingerprint density at radius 3 is 2.56 bits per heavy atom. The van der Waals surface area contributed by atoms with E-state index in [-0.39, 0.29) is 17.8 Å². The van der Waals surface area contributed by atoms with Crippen LogP contribution in [0.15, 0.2) is 18.2 Å². The predicted molar refractivity (Wildman–Crippen MR) is 59.5 cm³/mol. The predicted octanol–water partition coefficient (Wildman–Crippen LogP) is 2.59. The molecule has 4 heteroatoms. The van der Waals surface area contributed by atoms with E-state index in [1.165, 1.54) is 12.1 Å². The van der Waals surface area contributed by atoms with Crippen molar-refractivity contribution in [1.29, 1.82) is 0 Å². The second-order valence-electron chi connectivity index (χ2n) is 4.01. The number of benzene rings is 1. The van der Waals surface area contributed by atoms with Gasteiger partial charge in [0.2, 0.25) is 5.82 Å². The van der Waals surface area contributed by atoms with Gasteiger partial charge in [0.05, 0.1) is 0 Å². The van der Waals surface area contributed by atoms with Gasteiger partial charge in [0, 0.05) is 6.54 Å². The maximum absolute atomic E-state index is 13.3. The van der Waals surface area contributed by atoms with Crippen molar-refractivity contribution in [2.24, 2.45) is 5.92 Å². The molecule has 0 aromatic heterocycles. The quantitative estimate of drug-likeness (QED) is 0.838. The lowest BCUT2D eigenvalue weighted by molar-refractivity contribution is 0.143. The molecule has 0 radical (unpaired) electrons. The molecule has 0 aliphatic rings. The zero-order valence-electron chi connectivity index (χ0n) is 9.76. The molecule has 1 atom stereocenters. The van der Waals surface area contributed by atoms with Gasteiger partial charge in [0.1, 0.15) is 6.10 Å². The largest absolute Gasteiger partial charge is 0.486 e. The number of rotatable bonds is 5. The van der Waals surface area contributed by atoms with E-state index in [2.05, 4.69) is 5.32 Å². The van der Waals surface area contributed by atoms with E-state index in [4.69, 9.17) is 4.74 Å². The van der Waals surface area contributed by atoms with E-state index in [1.807, 2.05) is 13.8 Å². The van der Waals surface area contributed by atoms with Gasteiger partial charge in [-0.3, -0.25) is 0 Å². The number of ether oxygens (including phenoxy) is 1. The Morgan fingerprint density at radius 1 is 1.31 bits per heavy atom. The SMILES string of the molecule is CNCC(Oc1cccc(F)c1F)C(C)C. The summed E-state index contributed by atoms with van der Waals surface area (Å²) in [4.78, 5) is 0. The highest BCUT2D eigenvalue weighted by molar-refractivity contribution is 5.25.